The molecule has 2 aromatic rings. The van der Waals surface area contributed by atoms with Crippen molar-refractivity contribution in [3.05, 3.63) is 16.3 Å². The van der Waals surface area contributed by atoms with E-state index in [4.69, 9.17) is 9.97 Å². The highest BCUT2D eigenvalue weighted by atomic mass is 32.2. The maximum absolute atomic E-state index is 12.7. The first kappa shape index (κ1) is 18.2. The topological polar surface area (TPSA) is 46.1 Å². The zero-order chi connectivity index (χ0) is 18.3. The van der Waals surface area contributed by atoms with Crippen LogP contribution in [0.1, 0.15) is 49.4 Å². The molecule has 1 fully saturated rings. The summed E-state index contributed by atoms with van der Waals surface area (Å²) in [4.78, 5) is 26.7. The largest absolute Gasteiger partial charge is 0.342 e. The van der Waals surface area contributed by atoms with E-state index in [-0.39, 0.29) is 5.91 Å². The Morgan fingerprint density at radius 2 is 2.12 bits per heavy atom. The summed E-state index contributed by atoms with van der Waals surface area (Å²) in [5.74, 6) is 2.92. The van der Waals surface area contributed by atoms with Gasteiger partial charge in [0.15, 0.2) is 0 Å². The Hall–Kier alpha value is -1.14. The Morgan fingerprint density at radius 3 is 2.92 bits per heavy atom. The van der Waals surface area contributed by atoms with Gasteiger partial charge in [0, 0.05) is 23.4 Å². The molecule has 2 aliphatic rings. The van der Waals surface area contributed by atoms with Gasteiger partial charge in [-0.3, -0.25) is 4.79 Å². The maximum atomic E-state index is 12.7. The third-order valence-corrected chi connectivity index (χ3v) is 7.68. The van der Waals surface area contributed by atoms with Gasteiger partial charge in [0.25, 0.3) is 0 Å². The van der Waals surface area contributed by atoms with E-state index in [2.05, 4.69) is 13.8 Å². The summed E-state index contributed by atoms with van der Waals surface area (Å²) in [5.41, 5.74) is 1.45. The second-order valence-electron chi connectivity index (χ2n) is 7.98. The quantitative estimate of drug-likeness (QED) is 0.574. The number of piperidine rings is 1. The van der Waals surface area contributed by atoms with Crippen molar-refractivity contribution >= 4 is 39.2 Å². The first-order valence-electron chi connectivity index (χ1n) is 9.70. The van der Waals surface area contributed by atoms with E-state index in [0.29, 0.717) is 11.7 Å². The lowest BCUT2D eigenvalue weighted by Crippen LogP contribution is -2.40. The Bertz CT molecular complexity index is 832. The van der Waals surface area contributed by atoms with E-state index in [9.17, 15) is 4.79 Å². The van der Waals surface area contributed by atoms with E-state index < -0.39 is 0 Å². The zero-order valence-electron chi connectivity index (χ0n) is 15.9. The first-order chi connectivity index (χ1) is 12.5. The number of hydrogen-bond donors (Lipinski definition) is 0. The number of carbonyl (C=O) groups is 1. The SMILES string of the molecule is Cc1nc(SCC(=O)N2CCC[C@H](C)C2)c2c3c(sc2n1)C[C@@H](C)CC3. The van der Waals surface area contributed by atoms with Crippen LogP contribution in [0.15, 0.2) is 5.03 Å². The minimum atomic E-state index is 0.253. The standard InChI is InChI=1S/C20H27N3OS2/c1-12-6-7-15-16(9-12)26-20-18(15)19(21-14(3)22-20)25-11-17(24)23-8-4-5-13(2)10-23/h12-13H,4-11H2,1-3H3/t12-,13-/m0/s1. The molecule has 1 saturated heterocycles. The molecule has 1 aliphatic heterocycles. The second-order valence-corrected chi connectivity index (χ2v) is 10.0. The van der Waals surface area contributed by atoms with Gasteiger partial charge in [-0.25, -0.2) is 9.97 Å². The lowest BCUT2D eigenvalue weighted by molar-refractivity contribution is -0.130. The van der Waals surface area contributed by atoms with Crippen LogP contribution in [0, 0.1) is 18.8 Å². The molecule has 1 aliphatic carbocycles. The fourth-order valence-electron chi connectivity index (χ4n) is 4.15. The molecule has 4 nitrogen and oxygen atoms in total. The number of thiophene rings is 1. The molecule has 1 amide bonds. The number of fused-ring (bicyclic) bond motifs is 3. The van der Waals surface area contributed by atoms with Crippen LogP contribution in [0.2, 0.25) is 0 Å². The van der Waals surface area contributed by atoms with Crippen LogP contribution in [0.4, 0.5) is 0 Å². The van der Waals surface area contributed by atoms with Gasteiger partial charge in [-0.2, -0.15) is 0 Å². The molecule has 0 saturated carbocycles. The second kappa shape index (κ2) is 7.47. The van der Waals surface area contributed by atoms with E-state index in [1.54, 1.807) is 11.8 Å². The summed E-state index contributed by atoms with van der Waals surface area (Å²) in [6, 6.07) is 0. The fraction of sp³-hybridized carbons (Fsp3) is 0.650. The highest BCUT2D eigenvalue weighted by Crippen LogP contribution is 2.41. The average molecular weight is 390 g/mol. The minimum Gasteiger partial charge on any atom is -0.342 e. The Labute approximate surface area is 163 Å². The number of aromatic nitrogens is 2. The molecular formula is C20H27N3OS2. The van der Waals surface area contributed by atoms with Crippen molar-refractivity contribution in [3.8, 4) is 0 Å². The molecule has 0 unspecified atom stereocenters. The van der Waals surface area contributed by atoms with Gasteiger partial charge in [-0.1, -0.05) is 25.6 Å². The van der Waals surface area contributed by atoms with Crippen LogP contribution in [0.5, 0.6) is 0 Å². The van der Waals surface area contributed by atoms with Crippen molar-refractivity contribution in [2.45, 2.75) is 57.9 Å². The Morgan fingerprint density at radius 1 is 1.27 bits per heavy atom. The summed E-state index contributed by atoms with van der Waals surface area (Å²) in [6.45, 7) is 8.34. The predicted molar refractivity (Wildman–Crippen MR) is 109 cm³/mol. The van der Waals surface area contributed by atoms with Crippen LogP contribution in [0.25, 0.3) is 10.2 Å². The molecular weight excluding hydrogens is 362 g/mol. The number of nitrogens with zero attached hydrogens (tertiary/aromatic N) is 3. The molecule has 2 atom stereocenters. The third-order valence-electron chi connectivity index (χ3n) is 5.58. The van der Waals surface area contributed by atoms with Gasteiger partial charge in [0.05, 0.1) is 5.75 Å². The van der Waals surface area contributed by atoms with Gasteiger partial charge in [0.2, 0.25) is 5.91 Å². The van der Waals surface area contributed by atoms with Crippen molar-refractivity contribution in [1.29, 1.82) is 0 Å². The molecule has 3 heterocycles. The highest BCUT2D eigenvalue weighted by Gasteiger charge is 2.25. The van der Waals surface area contributed by atoms with Crippen LogP contribution < -0.4 is 0 Å². The fourth-order valence-corrected chi connectivity index (χ4v) is 6.65. The average Bonchev–Trinajstić information content (AvgIpc) is 2.96. The van der Waals surface area contributed by atoms with Gasteiger partial charge in [0.1, 0.15) is 15.7 Å². The normalized spacial score (nSPS) is 23.3. The van der Waals surface area contributed by atoms with Crippen molar-refractivity contribution in [1.82, 2.24) is 14.9 Å². The van der Waals surface area contributed by atoms with Crippen LogP contribution >= 0.6 is 23.1 Å². The highest BCUT2D eigenvalue weighted by molar-refractivity contribution is 8.00. The molecule has 0 bridgehead atoms. The van der Waals surface area contributed by atoms with Crippen molar-refractivity contribution < 1.29 is 4.79 Å². The predicted octanol–water partition coefficient (Wildman–Crippen LogP) is 4.48. The first-order valence-corrected chi connectivity index (χ1v) is 11.5. The summed E-state index contributed by atoms with van der Waals surface area (Å²) >= 11 is 3.44. The lowest BCUT2D eigenvalue weighted by atomic mass is 9.89. The molecule has 2 aromatic heterocycles. The third kappa shape index (κ3) is 3.63. The number of likely N-dealkylation sites (tertiary alicyclic amines) is 1. The van der Waals surface area contributed by atoms with Gasteiger partial charge in [-0.15, -0.1) is 11.3 Å². The summed E-state index contributed by atoms with van der Waals surface area (Å²) in [7, 11) is 0. The van der Waals surface area contributed by atoms with Crippen LogP contribution in [-0.2, 0) is 17.6 Å². The van der Waals surface area contributed by atoms with Crippen molar-refractivity contribution in [2.75, 3.05) is 18.8 Å². The smallest absolute Gasteiger partial charge is 0.232 e. The van der Waals surface area contributed by atoms with Gasteiger partial charge < -0.3 is 4.90 Å². The van der Waals surface area contributed by atoms with Gasteiger partial charge in [-0.05, 0) is 56.4 Å². The molecule has 0 spiro atoms. The number of rotatable bonds is 3. The molecule has 0 aromatic carbocycles. The van der Waals surface area contributed by atoms with Gasteiger partial charge >= 0.3 is 0 Å². The number of hydrogen-bond acceptors (Lipinski definition) is 5. The van der Waals surface area contributed by atoms with E-state index >= 15 is 0 Å². The molecule has 140 valence electrons. The summed E-state index contributed by atoms with van der Waals surface area (Å²) in [5, 5.41) is 2.24. The van der Waals surface area contributed by atoms with E-state index in [1.165, 1.54) is 28.7 Å². The molecule has 26 heavy (non-hydrogen) atoms. The molecule has 0 N–H and O–H groups in total. The van der Waals surface area contributed by atoms with Crippen molar-refractivity contribution in [2.24, 2.45) is 11.8 Å². The maximum Gasteiger partial charge on any atom is 0.232 e. The van der Waals surface area contributed by atoms with E-state index in [0.717, 1.165) is 54.0 Å². The Kier molecular flexibility index (Phi) is 5.24. The zero-order valence-corrected chi connectivity index (χ0v) is 17.5. The molecule has 6 heteroatoms. The van der Waals surface area contributed by atoms with Crippen molar-refractivity contribution in [3.63, 3.8) is 0 Å². The monoisotopic (exact) mass is 389 g/mol. The number of carbonyl (C=O) groups excluding carboxylic acids is 1. The summed E-state index contributed by atoms with van der Waals surface area (Å²) in [6.07, 6.45) is 5.88. The summed E-state index contributed by atoms with van der Waals surface area (Å²) < 4.78 is 0. The van der Waals surface area contributed by atoms with Crippen LogP contribution in [0.3, 0.4) is 0 Å². The number of aryl methyl sites for hydroxylation is 2. The minimum absolute atomic E-state index is 0.253. The Balaban J connectivity index is 1.57. The van der Waals surface area contributed by atoms with E-state index in [1.807, 2.05) is 23.2 Å². The number of thioether (sulfide) groups is 1. The lowest BCUT2D eigenvalue weighted by Gasteiger charge is -2.30. The number of amides is 1. The molecule has 4 rings (SSSR count). The molecule has 0 radical (unpaired) electrons. The van der Waals surface area contributed by atoms with Crippen LogP contribution in [-0.4, -0.2) is 39.6 Å².